The minimum atomic E-state index is -0.296. The topological polar surface area (TPSA) is 76.1 Å². The van der Waals surface area contributed by atoms with E-state index in [9.17, 15) is 4.79 Å². The van der Waals surface area contributed by atoms with Gasteiger partial charge in [0.2, 0.25) is 5.95 Å². The molecule has 0 fully saturated rings. The number of anilines is 3. The van der Waals surface area contributed by atoms with Gasteiger partial charge in [-0.3, -0.25) is 4.79 Å². The lowest BCUT2D eigenvalue weighted by Gasteiger charge is -2.11. The first kappa shape index (κ1) is 19.4. The van der Waals surface area contributed by atoms with Gasteiger partial charge in [0.05, 0.1) is 6.10 Å². The number of amides is 1. The average Bonchev–Trinajstić information content (AvgIpc) is 2.62. The molecular weight excluding hydrogens is 352 g/mol. The Balaban J connectivity index is 1.73. The van der Waals surface area contributed by atoms with Crippen molar-refractivity contribution in [2.75, 3.05) is 10.6 Å². The van der Waals surface area contributed by atoms with Gasteiger partial charge in [-0.05, 0) is 75.7 Å². The molecule has 0 unspecified atom stereocenters. The van der Waals surface area contributed by atoms with Gasteiger partial charge in [0.15, 0.2) is 0 Å². The molecule has 6 heteroatoms. The van der Waals surface area contributed by atoms with Crippen LogP contribution >= 0.6 is 0 Å². The van der Waals surface area contributed by atoms with Crippen LogP contribution in [0.15, 0.2) is 54.6 Å². The zero-order valence-electron chi connectivity index (χ0n) is 16.5. The minimum Gasteiger partial charge on any atom is -0.491 e. The molecule has 144 valence electrons. The molecule has 1 amide bonds. The first-order valence-corrected chi connectivity index (χ1v) is 9.16. The zero-order valence-corrected chi connectivity index (χ0v) is 16.5. The first-order chi connectivity index (χ1) is 13.4. The number of ether oxygens (including phenoxy) is 1. The lowest BCUT2D eigenvalue weighted by atomic mass is 10.2. The van der Waals surface area contributed by atoms with Crippen LogP contribution in [-0.4, -0.2) is 22.0 Å². The van der Waals surface area contributed by atoms with Crippen molar-refractivity contribution < 1.29 is 9.53 Å². The van der Waals surface area contributed by atoms with Crippen molar-refractivity contribution >= 4 is 23.2 Å². The van der Waals surface area contributed by atoms with Crippen LogP contribution in [0.3, 0.4) is 0 Å². The van der Waals surface area contributed by atoms with E-state index in [0.717, 1.165) is 17.0 Å². The summed E-state index contributed by atoms with van der Waals surface area (Å²) in [5.74, 6) is 0.849. The van der Waals surface area contributed by atoms with E-state index in [1.54, 1.807) is 18.2 Å². The van der Waals surface area contributed by atoms with Crippen LogP contribution in [0.5, 0.6) is 5.75 Å². The molecular formula is C22H24N4O2. The van der Waals surface area contributed by atoms with Crippen molar-refractivity contribution in [3.63, 3.8) is 0 Å². The first-order valence-electron chi connectivity index (χ1n) is 9.16. The molecule has 0 saturated carbocycles. The fraction of sp³-hybridized carbons (Fsp3) is 0.227. The number of aryl methyl sites for hydroxylation is 2. The fourth-order valence-corrected chi connectivity index (χ4v) is 2.68. The van der Waals surface area contributed by atoms with E-state index < -0.39 is 0 Å². The normalized spacial score (nSPS) is 10.6. The highest BCUT2D eigenvalue weighted by Gasteiger charge is 2.12. The summed E-state index contributed by atoms with van der Waals surface area (Å²) in [5, 5.41) is 6.01. The van der Waals surface area contributed by atoms with Gasteiger partial charge in [-0.15, -0.1) is 0 Å². The predicted octanol–water partition coefficient (Wildman–Crippen LogP) is 4.88. The Bertz CT molecular complexity index is 969. The summed E-state index contributed by atoms with van der Waals surface area (Å²) in [6.07, 6.45) is 0.101. The molecule has 1 heterocycles. The molecule has 0 atom stereocenters. The van der Waals surface area contributed by atoms with Gasteiger partial charge < -0.3 is 15.4 Å². The van der Waals surface area contributed by atoms with Crippen LogP contribution in [0.4, 0.5) is 17.3 Å². The van der Waals surface area contributed by atoms with Crippen LogP contribution in [0.1, 0.15) is 35.6 Å². The molecule has 3 rings (SSSR count). The Morgan fingerprint density at radius 2 is 1.71 bits per heavy atom. The summed E-state index contributed by atoms with van der Waals surface area (Å²) < 4.78 is 5.61. The Hall–Kier alpha value is -3.41. The third-order valence-corrected chi connectivity index (χ3v) is 3.85. The average molecular weight is 376 g/mol. The number of hydrogen-bond acceptors (Lipinski definition) is 5. The highest BCUT2D eigenvalue weighted by molar-refractivity contribution is 6.03. The molecule has 2 N–H and O–H groups in total. The number of aromatic nitrogens is 2. The number of nitrogens with zero attached hydrogens (tertiary/aromatic N) is 2. The molecule has 0 saturated heterocycles. The summed E-state index contributed by atoms with van der Waals surface area (Å²) >= 11 is 0. The van der Waals surface area contributed by atoms with Crippen molar-refractivity contribution in [1.82, 2.24) is 9.97 Å². The van der Waals surface area contributed by atoms with Gasteiger partial charge in [-0.25, -0.2) is 9.97 Å². The maximum Gasteiger partial charge on any atom is 0.274 e. The van der Waals surface area contributed by atoms with Gasteiger partial charge in [0.1, 0.15) is 11.4 Å². The molecule has 6 nitrogen and oxygen atoms in total. The molecule has 2 aromatic carbocycles. The zero-order chi connectivity index (χ0) is 20.1. The standard InChI is InChI=1S/C22H24N4O2/c1-14(2)28-19-10-8-17(9-11-19)24-21(27)20-13-16(4)23-22(26-20)25-18-7-5-6-15(3)12-18/h5-14H,1-4H3,(H,24,27)(H,23,25,26). The van der Waals surface area contributed by atoms with Gasteiger partial charge in [0.25, 0.3) is 5.91 Å². The summed E-state index contributed by atoms with van der Waals surface area (Å²) in [5.41, 5.74) is 3.67. The number of hydrogen-bond donors (Lipinski definition) is 2. The highest BCUT2D eigenvalue weighted by atomic mass is 16.5. The molecule has 28 heavy (non-hydrogen) atoms. The quantitative estimate of drug-likeness (QED) is 0.641. The number of benzene rings is 2. The van der Waals surface area contributed by atoms with Crippen LogP contribution in [0.2, 0.25) is 0 Å². The lowest BCUT2D eigenvalue weighted by molar-refractivity contribution is 0.102. The van der Waals surface area contributed by atoms with Gasteiger partial charge in [0, 0.05) is 17.1 Å². The molecule has 0 aliphatic heterocycles. The van der Waals surface area contributed by atoms with E-state index in [1.165, 1.54) is 0 Å². The largest absolute Gasteiger partial charge is 0.491 e. The maximum atomic E-state index is 12.6. The van der Waals surface area contributed by atoms with Crippen molar-refractivity contribution in [1.29, 1.82) is 0 Å². The summed E-state index contributed by atoms with van der Waals surface area (Å²) in [6, 6.07) is 16.8. The minimum absolute atomic E-state index is 0.101. The predicted molar refractivity (Wildman–Crippen MR) is 111 cm³/mol. The SMILES string of the molecule is Cc1cccc(Nc2nc(C)cc(C(=O)Nc3ccc(OC(C)C)cc3)n2)c1. The second-order valence-electron chi connectivity index (χ2n) is 6.86. The summed E-state index contributed by atoms with van der Waals surface area (Å²) in [4.78, 5) is 21.3. The fourth-order valence-electron chi connectivity index (χ4n) is 2.68. The van der Waals surface area contributed by atoms with E-state index in [2.05, 4.69) is 20.6 Å². The van der Waals surface area contributed by atoms with Crippen molar-refractivity contribution in [3.8, 4) is 5.75 Å². The molecule has 0 bridgehead atoms. The molecule has 0 spiro atoms. The Kier molecular flexibility index (Phi) is 5.89. The molecule has 0 aliphatic carbocycles. The summed E-state index contributed by atoms with van der Waals surface area (Å²) in [6.45, 7) is 7.78. The highest BCUT2D eigenvalue weighted by Crippen LogP contribution is 2.19. The third kappa shape index (κ3) is 5.30. The van der Waals surface area contributed by atoms with Crippen LogP contribution in [0, 0.1) is 13.8 Å². The Morgan fingerprint density at radius 1 is 0.964 bits per heavy atom. The van der Waals surface area contributed by atoms with Gasteiger partial charge in [-0.1, -0.05) is 12.1 Å². The maximum absolute atomic E-state index is 12.6. The van der Waals surface area contributed by atoms with Crippen molar-refractivity contribution in [2.24, 2.45) is 0 Å². The molecule has 1 aromatic heterocycles. The van der Waals surface area contributed by atoms with Gasteiger partial charge >= 0.3 is 0 Å². The van der Waals surface area contributed by atoms with Crippen LogP contribution < -0.4 is 15.4 Å². The third-order valence-electron chi connectivity index (χ3n) is 3.85. The number of nitrogens with one attached hydrogen (secondary N) is 2. The second-order valence-corrected chi connectivity index (χ2v) is 6.86. The van der Waals surface area contributed by atoms with Crippen molar-refractivity contribution in [3.05, 3.63) is 71.5 Å². The summed E-state index contributed by atoms with van der Waals surface area (Å²) in [7, 11) is 0. The molecule has 0 radical (unpaired) electrons. The Labute approximate surface area is 165 Å². The smallest absolute Gasteiger partial charge is 0.274 e. The monoisotopic (exact) mass is 376 g/mol. The van der Waals surface area contributed by atoms with E-state index in [0.29, 0.717) is 23.0 Å². The van der Waals surface area contributed by atoms with E-state index in [4.69, 9.17) is 4.74 Å². The van der Waals surface area contributed by atoms with Crippen LogP contribution in [0.25, 0.3) is 0 Å². The van der Waals surface area contributed by atoms with Crippen molar-refractivity contribution in [2.45, 2.75) is 33.8 Å². The van der Waals surface area contributed by atoms with Crippen LogP contribution in [-0.2, 0) is 0 Å². The molecule has 0 aliphatic rings. The number of carbonyl (C=O) groups is 1. The molecule has 3 aromatic rings. The van der Waals surface area contributed by atoms with E-state index in [1.807, 2.05) is 64.1 Å². The number of rotatable bonds is 6. The van der Waals surface area contributed by atoms with E-state index >= 15 is 0 Å². The number of carbonyl (C=O) groups excluding carboxylic acids is 1. The lowest BCUT2D eigenvalue weighted by Crippen LogP contribution is -2.15. The Morgan fingerprint density at radius 3 is 2.39 bits per heavy atom. The van der Waals surface area contributed by atoms with Gasteiger partial charge in [-0.2, -0.15) is 0 Å². The second kappa shape index (κ2) is 8.52. The van der Waals surface area contributed by atoms with E-state index in [-0.39, 0.29) is 12.0 Å².